The Kier molecular flexibility index (Phi) is 4.19. The van der Waals surface area contributed by atoms with Crippen molar-refractivity contribution in [2.75, 3.05) is 6.54 Å². The Labute approximate surface area is 136 Å². The lowest BCUT2D eigenvalue weighted by Gasteiger charge is -2.09. The van der Waals surface area contributed by atoms with Crippen LogP contribution in [-0.2, 0) is 13.5 Å². The molecule has 0 unspecified atom stereocenters. The summed E-state index contributed by atoms with van der Waals surface area (Å²) < 4.78 is 1.48. The number of fused-ring (bicyclic) bond motifs is 1. The van der Waals surface area contributed by atoms with Crippen LogP contribution in [0.1, 0.15) is 16.3 Å². The third-order valence-electron chi connectivity index (χ3n) is 3.62. The van der Waals surface area contributed by atoms with Crippen LogP contribution >= 0.6 is 0 Å². The SMILES string of the molecule is Cn1c(CCNC(=O)c2ccc(=O)[nH]n2)nc2ccccc2c1=O. The lowest BCUT2D eigenvalue weighted by atomic mass is 10.2. The van der Waals surface area contributed by atoms with E-state index < -0.39 is 5.91 Å². The van der Waals surface area contributed by atoms with E-state index in [0.29, 0.717) is 23.1 Å². The van der Waals surface area contributed by atoms with Crippen molar-refractivity contribution >= 4 is 16.8 Å². The van der Waals surface area contributed by atoms with Crippen LogP contribution < -0.4 is 16.4 Å². The predicted molar refractivity (Wildman–Crippen MR) is 87.9 cm³/mol. The predicted octanol–water partition coefficient (Wildman–Crippen LogP) is -0.0107. The number of carbonyl (C=O) groups is 1. The van der Waals surface area contributed by atoms with E-state index in [-0.39, 0.29) is 23.4 Å². The lowest BCUT2D eigenvalue weighted by Crippen LogP contribution is -2.30. The zero-order valence-electron chi connectivity index (χ0n) is 12.9. The quantitative estimate of drug-likeness (QED) is 0.701. The number of rotatable bonds is 4. The monoisotopic (exact) mass is 325 g/mol. The Morgan fingerprint density at radius 2 is 2.00 bits per heavy atom. The van der Waals surface area contributed by atoms with E-state index in [1.165, 1.54) is 16.7 Å². The number of hydrogen-bond donors (Lipinski definition) is 2. The molecule has 122 valence electrons. The fourth-order valence-electron chi connectivity index (χ4n) is 2.34. The maximum atomic E-state index is 12.3. The standard InChI is InChI=1S/C16H15N5O3/c1-21-13(18-11-5-3-2-4-10(11)16(21)24)8-9-17-15(23)12-6-7-14(22)20-19-12/h2-7H,8-9H2,1H3,(H,17,23)(H,20,22). The summed E-state index contributed by atoms with van der Waals surface area (Å²) >= 11 is 0. The second kappa shape index (κ2) is 6.45. The van der Waals surface area contributed by atoms with E-state index in [2.05, 4.69) is 20.5 Å². The molecule has 0 aliphatic rings. The highest BCUT2D eigenvalue weighted by Crippen LogP contribution is 2.07. The molecule has 2 heterocycles. The molecular formula is C16H15N5O3. The van der Waals surface area contributed by atoms with Gasteiger partial charge in [0.25, 0.3) is 17.0 Å². The van der Waals surface area contributed by atoms with Crippen LogP contribution in [0.2, 0.25) is 0 Å². The van der Waals surface area contributed by atoms with E-state index in [1.54, 1.807) is 25.2 Å². The molecule has 3 aromatic rings. The summed E-state index contributed by atoms with van der Waals surface area (Å²) in [6.45, 7) is 0.290. The molecule has 0 atom stereocenters. The minimum Gasteiger partial charge on any atom is -0.350 e. The van der Waals surface area contributed by atoms with Crippen LogP contribution in [0.5, 0.6) is 0 Å². The van der Waals surface area contributed by atoms with Gasteiger partial charge in [-0.1, -0.05) is 12.1 Å². The second-order valence-electron chi connectivity index (χ2n) is 5.22. The number of benzene rings is 1. The number of amides is 1. The van der Waals surface area contributed by atoms with Gasteiger partial charge in [-0.3, -0.25) is 19.0 Å². The second-order valence-corrected chi connectivity index (χ2v) is 5.22. The van der Waals surface area contributed by atoms with Gasteiger partial charge < -0.3 is 5.32 Å². The van der Waals surface area contributed by atoms with Gasteiger partial charge >= 0.3 is 0 Å². The van der Waals surface area contributed by atoms with Crippen LogP contribution in [-0.4, -0.2) is 32.2 Å². The van der Waals surface area contributed by atoms with Crippen molar-refractivity contribution in [3.63, 3.8) is 0 Å². The van der Waals surface area contributed by atoms with E-state index in [0.717, 1.165) is 0 Å². The summed E-state index contributed by atoms with van der Waals surface area (Å²) in [6, 6.07) is 9.71. The fourth-order valence-corrected chi connectivity index (χ4v) is 2.34. The van der Waals surface area contributed by atoms with Gasteiger partial charge in [0.15, 0.2) is 0 Å². The third kappa shape index (κ3) is 3.07. The van der Waals surface area contributed by atoms with Gasteiger partial charge in [-0.2, -0.15) is 5.10 Å². The number of carbonyl (C=O) groups excluding carboxylic acids is 1. The Hall–Kier alpha value is -3.29. The molecule has 2 N–H and O–H groups in total. The van der Waals surface area contributed by atoms with Crippen LogP contribution in [0.3, 0.4) is 0 Å². The average molecular weight is 325 g/mol. The van der Waals surface area contributed by atoms with Crippen LogP contribution in [0.15, 0.2) is 46.0 Å². The molecular weight excluding hydrogens is 310 g/mol. The Bertz CT molecular complexity index is 1000. The van der Waals surface area contributed by atoms with Crippen molar-refractivity contribution in [2.45, 2.75) is 6.42 Å². The van der Waals surface area contributed by atoms with Crippen molar-refractivity contribution in [3.05, 3.63) is 68.6 Å². The molecule has 24 heavy (non-hydrogen) atoms. The number of nitrogens with zero attached hydrogens (tertiary/aromatic N) is 3. The Morgan fingerprint density at radius 3 is 2.75 bits per heavy atom. The molecule has 0 aliphatic carbocycles. The third-order valence-corrected chi connectivity index (χ3v) is 3.62. The minimum absolute atomic E-state index is 0.120. The van der Waals surface area contributed by atoms with Crippen LogP contribution in [0, 0.1) is 0 Å². The first kappa shape index (κ1) is 15.6. The number of aromatic amines is 1. The highest BCUT2D eigenvalue weighted by Gasteiger charge is 2.10. The zero-order valence-corrected chi connectivity index (χ0v) is 12.9. The summed E-state index contributed by atoms with van der Waals surface area (Å²) in [5, 5.41) is 9.10. The van der Waals surface area contributed by atoms with Crippen molar-refractivity contribution in [1.82, 2.24) is 25.1 Å². The fraction of sp³-hybridized carbons (Fsp3) is 0.188. The molecule has 0 aliphatic heterocycles. The lowest BCUT2D eigenvalue weighted by molar-refractivity contribution is 0.0948. The van der Waals surface area contributed by atoms with Gasteiger partial charge in [0.05, 0.1) is 10.9 Å². The van der Waals surface area contributed by atoms with Crippen molar-refractivity contribution in [3.8, 4) is 0 Å². The average Bonchev–Trinajstić information content (AvgIpc) is 2.59. The highest BCUT2D eigenvalue weighted by atomic mass is 16.2. The number of nitrogens with one attached hydrogen (secondary N) is 2. The zero-order chi connectivity index (χ0) is 17.1. The number of para-hydroxylation sites is 1. The summed E-state index contributed by atoms with van der Waals surface area (Å²) in [5.74, 6) is 0.172. The van der Waals surface area contributed by atoms with Crippen molar-refractivity contribution in [1.29, 1.82) is 0 Å². The first-order valence-electron chi connectivity index (χ1n) is 7.35. The molecule has 8 nitrogen and oxygen atoms in total. The molecule has 0 radical (unpaired) electrons. The molecule has 1 aromatic carbocycles. The Morgan fingerprint density at radius 1 is 1.21 bits per heavy atom. The van der Waals surface area contributed by atoms with E-state index >= 15 is 0 Å². The molecule has 0 saturated heterocycles. The van der Waals surface area contributed by atoms with Gasteiger partial charge in [-0.05, 0) is 18.2 Å². The molecule has 0 spiro atoms. The van der Waals surface area contributed by atoms with Gasteiger partial charge in [0.1, 0.15) is 11.5 Å². The largest absolute Gasteiger partial charge is 0.350 e. The number of hydrogen-bond acceptors (Lipinski definition) is 5. The molecule has 3 rings (SSSR count). The maximum absolute atomic E-state index is 12.3. The van der Waals surface area contributed by atoms with Gasteiger partial charge in [0, 0.05) is 26.1 Å². The molecule has 0 saturated carbocycles. The number of H-pyrrole nitrogens is 1. The summed E-state index contributed by atoms with van der Waals surface area (Å²) in [5.41, 5.74) is 0.255. The Balaban J connectivity index is 1.73. The molecule has 2 aromatic heterocycles. The molecule has 0 bridgehead atoms. The van der Waals surface area contributed by atoms with Crippen molar-refractivity contribution < 1.29 is 4.79 Å². The minimum atomic E-state index is -0.406. The van der Waals surface area contributed by atoms with E-state index in [4.69, 9.17) is 0 Å². The van der Waals surface area contributed by atoms with Gasteiger partial charge in [0.2, 0.25) is 0 Å². The first-order chi connectivity index (χ1) is 11.6. The van der Waals surface area contributed by atoms with Crippen molar-refractivity contribution in [2.24, 2.45) is 7.05 Å². The van der Waals surface area contributed by atoms with E-state index in [9.17, 15) is 14.4 Å². The number of aromatic nitrogens is 4. The molecule has 8 heteroatoms. The van der Waals surface area contributed by atoms with E-state index in [1.807, 2.05) is 6.07 Å². The summed E-state index contributed by atoms with van der Waals surface area (Å²) in [4.78, 5) is 39.6. The van der Waals surface area contributed by atoms with Crippen LogP contribution in [0.25, 0.3) is 10.9 Å². The maximum Gasteiger partial charge on any atom is 0.271 e. The van der Waals surface area contributed by atoms with Crippen LogP contribution in [0.4, 0.5) is 0 Å². The summed E-state index contributed by atoms with van der Waals surface area (Å²) in [6.07, 6.45) is 0.395. The van der Waals surface area contributed by atoms with Gasteiger partial charge in [-0.15, -0.1) is 0 Å². The topological polar surface area (TPSA) is 110 Å². The first-order valence-corrected chi connectivity index (χ1v) is 7.35. The highest BCUT2D eigenvalue weighted by molar-refractivity contribution is 5.91. The normalized spacial score (nSPS) is 10.7. The summed E-state index contributed by atoms with van der Waals surface area (Å²) in [7, 11) is 1.66. The molecule has 0 fully saturated rings. The van der Waals surface area contributed by atoms with Gasteiger partial charge in [-0.25, -0.2) is 10.1 Å². The molecule has 1 amide bonds. The smallest absolute Gasteiger partial charge is 0.271 e.